The molecule has 13 heavy (non-hydrogen) atoms. The number of aliphatic hydroxyl groups is 1. The summed E-state index contributed by atoms with van der Waals surface area (Å²) in [6, 6.07) is 1.90. The number of nitrogens with two attached hydrogens (primary N) is 1. The second-order valence-corrected chi connectivity index (χ2v) is 3.52. The van der Waals surface area contributed by atoms with Crippen LogP contribution in [0.15, 0.2) is 6.07 Å². The molecule has 3 N–H and O–H groups in total. The first-order valence-electron chi connectivity index (χ1n) is 4.48. The Morgan fingerprint density at radius 3 is 2.62 bits per heavy atom. The third-order valence-corrected chi connectivity index (χ3v) is 2.09. The molecule has 1 rings (SSSR count). The van der Waals surface area contributed by atoms with E-state index in [2.05, 4.69) is 18.9 Å². The van der Waals surface area contributed by atoms with E-state index in [4.69, 9.17) is 5.73 Å². The van der Waals surface area contributed by atoms with Gasteiger partial charge in [0.05, 0.1) is 5.69 Å². The molecule has 0 fully saturated rings. The molecule has 0 amide bonds. The number of hydrogen-bond donors (Lipinski definition) is 2. The molecule has 4 heteroatoms. The van der Waals surface area contributed by atoms with Crippen LogP contribution < -0.4 is 5.73 Å². The van der Waals surface area contributed by atoms with Crippen LogP contribution >= 0.6 is 0 Å². The lowest BCUT2D eigenvalue weighted by Crippen LogP contribution is -2.12. The molecule has 0 aliphatic carbocycles. The van der Waals surface area contributed by atoms with Crippen molar-refractivity contribution in [1.82, 2.24) is 9.78 Å². The van der Waals surface area contributed by atoms with Gasteiger partial charge in [-0.1, -0.05) is 13.8 Å². The molecule has 0 aliphatic rings. The highest BCUT2D eigenvalue weighted by atomic mass is 16.3. The molecule has 0 spiro atoms. The largest absolute Gasteiger partial charge is 0.385 e. The Labute approximate surface area is 78.4 Å². The fourth-order valence-electron chi connectivity index (χ4n) is 1.33. The van der Waals surface area contributed by atoms with Crippen LogP contribution in [0.2, 0.25) is 0 Å². The van der Waals surface area contributed by atoms with E-state index in [-0.39, 0.29) is 6.54 Å². The summed E-state index contributed by atoms with van der Waals surface area (Å²) in [6.45, 7) is 4.40. The Balaban J connectivity index is 2.95. The molecule has 0 saturated heterocycles. The monoisotopic (exact) mass is 183 g/mol. The maximum Gasteiger partial charge on any atom is 0.110 e. The SMILES string of the molecule is CC(C)c1cc(C(O)CN)nn1C. The van der Waals surface area contributed by atoms with Crippen molar-refractivity contribution >= 4 is 0 Å². The molecule has 4 nitrogen and oxygen atoms in total. The van der Waals surface area contributed by atoms with Gasteiger partial charge in [-0.3, -0.25) is 4.68 Å². The van der Waals surface area contributed by atoms with Crippen molar-refractivity contribution in [2.45, 2.75) is 25.9 Å². The number of aryl methyl sites for hydroxylation is 1. The van der Waals surface area contributed by atoms with Gasteiger partial charge in [-0.2, -0.15) is 5.10 Å². The molecule has 1 aromatic rings. The van der Waals surface area contributed by atoms with Gasteiger partial charge in [0, 0.05) is 19.3 Å². The second kappa shape index (κ2) is 3.89. The summed E-state index contributed by atoms with van der Waals surface area (Å²) >= 11 is 0. The number of hydrogen-bond acceptors (Lipinski definition) is 3. The van der Waals surface area contributed by atoms with Gasteiger partial charge in [0.15, 0.2) is 0 Å². The van der Waals surface area contributed by atoms with Crippen LogP contribution in [-0.4, -0.2) is 21.4 Å². The topological polar surface area (TPSA) is 64.1 Å². The lowest BCUT2D eigenvalue weighted by atomic mass is 10.1. The Morgan fingerprint density at radius 2 is 2.23 bits per heavy atom. The predicted molar refractivity (Wildman–Crippen MR) is 51.3 cm³/mol. The van der Waals surface area contributed by atoms with Crippen LogP contribution in [-0.2, 0) is 7.05 Å². The molecular formula is C9H17N3O. The average molecular weight is 183 g/mol. The molecule has 0 aromatic carbocycles. The zero-order valence-electron chi connectivity index (χ0n) is 8.36. The highest BCUT2D eigenvalue weighted by molar-refractivity contribution is 5.15. The third-order valence-electron chi connectivity index (χ3n) is 2.09. The van der Waals surface area contributed by atoms with Gasteiger partial charge in [0.25, 0.3) is 0 Å². The van der Waals surface area contributed by atoms with Gasteiger partial charge in [-0.15, -0.1) is 0 Å². The van der Waals surface area contributed by atoms with E-state index in [1.165, 1.54) is 0 Å². The highest BCUT2D eigenvalue weighted by Gasteiger charge is 2.13. The minimum atomic E-state index is -0.640. The minimum absolute atomic E-state index is 0.217. The molecular weight excluding hydrogens is 166 g/mol. The molecule has 1 atom stereocenters. The fraction of sp³-hybridized carbons (Fsp3) is 0.667. The van der Waals surface area contributed by atoms with Crippen molar-refractivity contribution in [2.75, 3.05) is 6.54 Å². The smallest absolute Gasteiger partial charge is 0.110 e. The predicted octanol–water partition coefficient (Wildman–Crippen LogP) is 0.536. The molecule has 0 saturated carbocycles. The van der Waals surface area contributed by atoms with Crippen molar-refractivity contribution in [3.8, 4) is 0 Å². The van der Waals surface area contributed by atoms with E-state index in [0.717, 1.165) is 5.69 Å². The Morgan fingerprint density at radius 1 is 1.62 bits per heavy atom. The van der Waals surface area contributed by atoms with E-state index in [1.807, 2.05) is 13.1 Å². The molecule has 0 bridgehead atoms. The summed E-state index contributed by atoms with van der Waals surface area (Å²) in [7, 11) is 1.88. The second-order valence-electron chi connectivity index (χ2n) is 3.52. The van der Waals surface area contributed by atoms with Crippen LogP contribution in [0, 0.1) is 0 Å². The first kappa shape index (κ1) is 10.2. The first-order valence-corrected chi connectivity index (χ1v) is 4.48. The summed E-state index contributed by atoms with van der Waals surface area (Å²) in [5.74, 6) is 0.413. The molecule has 1 unspecified atom stereocenters. The summed E-state index contributed by atoms with van der Waals surface area (Å²) in [6.07, 6.45) is -0.640. The molecule has 1 heterocycles. The number of aliphatic hydroxyl groups excluding tert-OH is 1. The Kier molecular flexibility index (Phi) is 3.06. The lowest BCUT2D eigenvalue weighted by Gasteiger charge is -2.02. The van der Waals surface area contributed by atoms with Crippen molar-refractivity contribution in [2.24, 2.45) is 12.8 Å². The van der Waals surface area contributed by atoms with Crippen molar-refractivity contribution < 1.29 is 5.11 Å². The summed E-state index contributed by atoms with van der Waals surface area (Å²) in [4.78, 5) is 0. The van der Waals surface area contributed by atoms with Crippen LogP contribution in [0.1, 0.15) is 37.3 Å². The van der Waals surface area contributed by atoms with Crippen LogP contribution in [0.25, 0.3) is 0 Å². The zero-order chi connectivity index (χ0) is 10.0. The summed E-state index contributed by atoms with van der Waals surface area (Å²) in [5.41, 5.74) is 7.11. The molecule has 74 valence electrons. The fourth-order valence-corrected chi connectivity index (χ4v) is 1.33. The summed E-state index contributed by atoms with van der Waals surface area (Å²) < 4.78 is 1.79. The van der Waals surface area contributed by atoms with Gasteiger partial charge in [0.1, 0.15) is 6.10 Å². The van der Waals surface area contributed by atoms with Gasteiger partial charge < -0.3 is 10.8 Å². The summed E-state index contributed by atoms with van der Waals surface area (Å²) in [5, 5.41) is 13.6. The van der Waals surface area contributed by atoms with Gasteiger partial charge >= 0.3 is 0 Å². The maximum absolute atomic E-state index is 9.45. The van der Waals surface area contributed by atoms with Crippen molar-refractivity contribution in [3.63, 3.8) is 0 Å². The van der Waals surface area contributed by atoms with Crippen LogP contribution in [0.5, 0.6) is 0 Å². The third kappa shape index (κ3) is 2.08. The highest BCUT2D eigenvalue weighted by Crippen LogP contribution is 2.18. The van der Waals surface area contributed by atoms with Gasteiger partial charge in [-0.05, 0) is 12.0 Å². The van der Waals surface area contributed by atoms with Crippen molar-refractivity contribution in [1.29, 1.82) is 0 Å². The molecule has 0 aliphatic heterocycles. The minimum Gasteiger partial charge on any atom is -0.385 e. The first-order chi connectivity index (χ1) is 6.06. The molecule has 1 aromatic heterocycles. The normalized spacial score (nSPS) is 13.7. The Hall–Kier alpha value is -0.870. The van der Waals surface area contributed by atoms with Crippen molar-refractivity contribution in [3.05, 3.63) is 17.5 Å². The van der Waals surface area contributed by atoms with Gasteiger partial charge in [-0.25, -0.2) is 0 Å². The van der Waals surface area contributed by atoms with E-state index in [0.29, 0.717) is 11.6 Å². The quantitative estimate of drug-likeness (QED) is 0.718. The van der Waals surface area contributed by atoms with E-state index >= 15 is 0 Å². The standard InChI is InChI=1S/C9H17N3O/c1-6(2)8-4-7(9(13)5-10)11-12(8)3/h4,6,9,13H,5,10H2,1-3H3. The van der Waals surface area contributed by atoms with E-state index < -0.39 is 6.10 Å². The maximum atomic E-state index is 9.45. The zero-order valence-corrected chi connectivity index (χ0v) is 8.36. The van der Waals surface area contributed by atoms with Gasteiger partial charge in [0.2, 0.25) is 0 Å². The van der Waals surface area contributed by atoms with E-state index in [9.17, 15) is 5.11 Å². The Bertz CT molecular complexity index is 280. The van der Waals surface area contributed by atoms with E-state index in [1.54, 1.807) is 4.68 Å². The number of nitrogens with zero attached hydrogens (tertiary/aromatic N) is 2. The number of aromatic nitrogens is 2. The number of rotatable bonds is 3. The molecule has 0 radical (unpaired) electrons. The van der Waals surface area contributed by atoms with Crippen LogP contribution in [0.4, 0.5) is 0 Å². The average Bonchev–Trinajstić information content (AvgIpc) is 2.46. The lowest BCUT2D eigenvalue weighted by molar-refractivity contribution is 0.181. The van der Waals surface area contributed by atoms with Crippen LogP contribution in [0.3, 0.4) is 0 Å².